The minimum atomic E-state index is -0.336. The van der Waals surface area contributed by atoms with Crippen LogP contribution in [-0.2, 0) is 0 Å². The van der Waals surface area contributed by atoms with Gasteiger partial charge in [0, 0.05) is 17.4 Å². The Balaban J connectivity index is 2.01. The molecule has 2 N–H and O–H groups in total. The molecular weight excluding hydrogens is 226 g/mol. The maximum Gasteiger partial charge on any atom is 0.323 e. The van der Waals surface area contributed by atoms with Crippen LogP contribution in [0.25, 0.3) is 0 Å². The van der Waals surface area contributed by atoms with Crippen molar-refractivity contribution >= 4 is 17.4 Å². The number of rotatable bonds is 2. The Morgan fingerprint density at radius 3 is 2.67 bits per heavy atom. The molecule has 0 aliphatic carbocycles. The molecule has 0 aliphatic heterocycles. The molecule has 1 heterocycles. The van der Waals surface area contributed by atoms with Gasteiger partial charge in [-0.1, -0.05) is 12.0 Å². The Labute approximate surface area is 105 Å². The lowest BCUT2D eigenvalue weighted by atomic mass is 10.2. The summed E-state index contributed by atoms with van der Waals surface area (Å²) in [5.74, 6) is 2.51. The number of benzene rings is 1. The van der Waals surface area contributed by atoms with Gasteiger partial charge in [0.2, 0.25) is 0 Å². The lowest BCUT2D eigenvalue weighted by molar-refractivity contribution is 0.262. The summed E-state index contributed by atoms with van der Waals surface area (Å²) in [6.45, 7) is 0. The second kappa shape index (κ2) is 5.51. The molecule has 0 unspecified atom stereocenters. The molecule has 0 saturated carbocycles. The molecule has 4 heteroatoms. The first kappa shape index (κ1) is 11.7. The van der Waals surface area contributed by atoms with E-state index < -0.39 is 0 Å². The number of nitrogens with zero attached hydrogens (tertiary/aromatic N) is 1. The number of aromatic nitrogens is 1. The van der Waals surface area contributed by atoms with Crippen LogP contribution in [0.3, 0.4) is 0 Å². The normalized spacial score (nSPS) is 9.28. The van der Waals surface area contributed by atoms with Crippen molar-refractivity contribution in [3.8, 4) is 12.3 Å². The molecule has 2 aromatic rings. The lowest BCUT2D eigenvalue weighted by Gasteiger charge is -2.07. The van der Waals surface area contributed by atoms with Gasteiger partial charge in [-0.15, -0.1) is 6.42 Å². The molecule has 0 fully saturated rings. The topological polar surface area (TPSA) is 54.0 Å². The van der Waals surface area contributed by atoms with E-state index in [1.807, 2.05) is 0 Å². The number of anilines is 2. The SMILES string of the molecule is C#Cc1cccc(NC(=O)Nc2cccnc2)c1. The molecule has 0 bridgehead atoms. The summed E-state index contributed by atoms with van der Waals surface area (Å²) in [7, 11) is 0. The highest BCUT2D eigenvalue weighted by Crippen LogP contribution is 2.10. The highest BCUT2D eigenvalue weighted by molar-refractivity contribution is 5.99. The number of terminal acetylenes is 1. The smallest absolute Gasteiger partial charge is 0.308 e. The van der Waals surface area contributed by atoms with Crippen molar-refractivity contribution in [1.29, 1.82) is 0 Å². The zero-order chi connectivity index (χ0) is 12.8. The van der Waals surface area contributed by atoms with Gasteiger partial charge in [0.15, 0.2) is 0 Å². The van der Waals surface area contributed by atoms with E-state index in [2.05, 4.69) is 21.5 Å². The van der Waals surface area contributed by atoms with E-state index >= 15 is 0 Å². The van der Waals surface area contributed by atoms with Crippen LogP contribution in [-0.4, -0.2) is 11.0 Å². The number of hydrogen-bond acceptors (Lipinski definition) is 2. The van der Waals surface area contributed by atoms with Crippen molar-refractivity contribution in [3.05, 3.63) is 54.4 Å². The summed E-state index contributed by atoms with van der Waals surface area (Å²) in [6.07, 6.45) is 8.49. The minimum absolute atomic E-state index is 0.336. The fraction of sp³-hybridized carbons (Fsp3) is 0. The number of urea groups is 1. The van der Waals surface area contributed by atoms with Gasteiger partial charge in [-0.25, -0.2) is 4.79 Å². The largest absolute Gasteiger partial charge is 0.323 e. The zero-order valence-electron chi connectivity index (χ0n) is 9.55. The van der Waals surface area contributed by atoms with Crippen molar-refractivity contribution in [1.82, 2.24) is 4.98 Å². The van der Waals surface area contributed by atoms with Crippen molar-refractivity contribution in [2.24, 2.45) is 0 Å². The summed E-state index contributed by atoms with van der Waals surface area (Å²) < 4.78 is 0. The van der Waals surface area contributed by atoms with E-state index in [-0.39, 0.29) is 6.03 Å². The predicted octanol–water partition coefficient (Wildman–Crippen LogP) is 2.71. The van der Waals surface area contributed by atoms with E-state index in [0.717, 1.165) is 0 Å². The van der Waals surface area contributed by atoms with Gasteiger partial charge in [0.05, 0.1) is 11.9 Å². The van der Waals surface area contributed by atoms with E-state index in [9.17, 15) is 4.79 Å². The van der Waals surface area contributed by atoms with Crippen LogP contribution >= 0.6 is 0 Å². The monoisotopic (exact) mass is 237 g/mol. The van der Waals surface area contributed by atoms with Gasteiger partial charge < -0.3 is 10.6 Å². The minimum Gasteiger partial charge on any atom is -0.308 e. The summed E-state index contributed by atoms with van der Waals surface area (Å²) in [4.78, 5) is 15.6. The summed E-state index contributed by atoms with van der Waals surface area (Å²) >= 11 is 0. The van der Waals surface area contributed by atoms with E-state index in [4.69, 9.17) is 6.42 Å². The van der Waals surface area contributed by atoms with Gasteiger partial charge in [0.25, 0.3) is 0 Å². The molecule has 0 saturated heterocycles. The van der Waals surface area contributed by atoms with Crippen LogP contribution in [0.4, 0.5) is 16.2 Å². The van der Waals surface area contributed by atoms with E-state index in [1.54, 1.807) is 48.8 Å². The number of carbonyl (C=O) groups is 1. The highest BCUT2D eigenvalue weighted by atomic mass is 16.2. The third-order valence-corrected chi connectivity index (χ3v) is 2.21. The fourth-order valence-electron chi connectivity index (χ4n) is 1.42. The maximum absolute atomic E-state index is 11.7. The summed E-state index contributed by atoms with van der Waals surface area (Å²) in [6, 6.07) is 10.2. The predicted molar refractivity (Wildman–Crippen MR) is 71.3 cm³/mol. The van der Waals surface area contributed by atoms with Crippen molar-refractivity contribution in [2.45, 2.75) is 0 Å². The quantitative estimate of drug-likeness (QED) is 0.789. The van der Waals surface area contributed by atoms with E-state index in [0.29, 0.717) is 16.9 Å². The number of nitrogens with one attached hydrogen (secondary N) is 2. The first-order chi connectivity index (χ1) is 8.78. The molecule has 2 amide bonds. The van der Waals surface area contributed by atoms with Crippen molar-refractivity contribution in [2.75, 3.05) is 10.6 Å². The molecule has 88 valence electrons. The Morgan fingerprint density at radius 2 is 1.94 bits per heavy atom. The second-order valence-electron chi connectivity index (χ2n) is 3.55. The number of pyridine rings is 1. The van der Waals surface area contributed by atoms with Crippen LogP contribution in [0.1, 0.15) is 5.56 Å². The van der Waals surface area contributed by atoms with Gasteiger partial charge in [-0.2, -0.15) is 0 Å². The zero-order valence-corrected chi connectivity index (χ0v) is 9.55. The van der Waals surface area contributed by atoms with Crippen LogP contribution < -0.4 is 10.6 Å². The Hall–Kier alpha value is -2.80. The summed E-state index contributed by atoms with van der Waals surface area (Å²) in [5.41, 5.74) is 1.99. The summed E-state index contributed by atoms with van der Waals surface area (Å²) in [5, 5.41) is 5.36. The molecule has 0 atom stereocenters. The van der Waals surface area contributed by atoms with E-state index in [1.165, 1.54) is 0 Å². The molecule has 18 heavy (non-hydrogen) atoms. The van der Waals surface area contributed by atoms with Crippen LogP contribution in [0.5, 0.6) is 0 Å². The molecule has 0 aliphatic rings. The fourth-order valence-corrected chi connectivity index (χ4v) is 1.42. The molecule has 1 aromatic heterocycles. The standard InChI is InChI=1S/C14H11N3O/c1-2-11-5-3-6-12(9-11)16-14(18)17-13-7-4-8-15-10-13/h1,3-10H,(H2,16,17,18). The Morgan fingerprint density at radius 1 is 1.17 bits per heavy atom. The number of hydrogen-bond donors (Lipinski definition) is 2. The van der Waals surface area contributed by atoms with Crippen LogP contribution in [0.2, 0.25) is 0 Å². The molecule has 0 spiro atoms. The van der Waals surface area contributed by atoms with Crippen molar-refractivity contribution in [3.63, 3.8) is 0 Å². The second-order valence-corrected chi connectivity index (χ2v) is 3.55. The van der Waals surface area contributed by atoms with Crippen molar-refractivity contribution < 1.29 is 4.79 Å². The number of amides is 2. The molecule has 4 nitrogen and oxygen atoms in total. The molecule has 1 aromatic carbocycles. The van der Waals surface area contributed by atoms with Gasteiger partial charge in [-0.3, -0.25) is 4.98 Å². The van der Waals surface area contributed by atoms with Crippen LogP contribution in [0, 0.1) is 12.3 Å². The van der Waals surface area contributed by atoms with Gasteiger partial charge >= 0.3 is 6.03 Å². The maximum atomic E-state index is 11.7. The molecule has 2 rings (SSSR count). The average molecular weight is 237 g/mol. The first-order valence-corrected chi connectivity index (χ1v) is 5.32. The van der Waals surface area contributed by atoms with Gasteiger partial charge in [0.1, 0.15) is 0 Å². The molecular formula is C14H11N3O. The van der Waals surface area contributed by atoms with Gasteiger partial charge in [-0.05, 0) is 30.3 Å². The number of carbonyl (C=O) groups excluding carboxylic acids is 1. The lowest BCUT2D eigenvalue weighted by Crippen LogP contribution is -2.19. The Bertz CT molecular complexity index is 587. The highest BCUT2D eigenvalue weighted by Gasteiger charge is 2.02. The third kappa shape index (κ3) is 3.09. The van der Waals surface area contributed by atoms with Crippen LogP contribution in [0.15, 0.2) is 48.8 Å². The first-order valence-electron chi connectivity index (χ1n) is 5.32. The molecule has 0 radical (unpaired) electrons. The average Bonchev–Trinajstić information content (AvgIpc) is 2.40. The Kier molecular flexibility index (Phi) is 3.57. The third-order valence-electron chi connectivity index (χ3n) is 2.21.